The van der Waals surface area contributed by atoms with Crippen molar-refractivity contribution in [1.82, 2.24) is 4.98 Å². The highest BCUT2D eigenvalue weighted by atomic mass is 32.2. The lowest BCUT2D eigenvalue weighted by molar-refractivity contribution is 0.102. The highest BCUT2D eigenvalue weighted by molar-refractivity contribution is 7.92. The summed E-state index contributed by atoms with van der Waals surface area (Å²) in [5.74, 6) is 0.571. The number of carbonyl (C=O) groups excluding carboxylic acids is 1. The van der Waals surface area contributed by atoms with Crippen LogP contribution in [-0.4, -0.2) is 26.1 Å². The van der Waals surface area contributed by atoms with Crippen LogP contribution in [0, 0.1) is 6.92 Å². The number of nitrogens with one attached hydrogen (secondary N) is 2. The molecule has 4 aromatic rings. The van der Waals surface area contributed by atoms with E-state index in [2.05, 4.69) is 15.0 Å². The molecule has 0 fully saturated rings. The third-order valence-electron chi connectivity index (χ3n) is 4.80. The number of hydrogen-bond donors (Lipinski definition) is 2. The van der Waals surface area contributed by atoms with E-state index < -0.39 is 15.9 Å². The van der Waals surface area contributed by atoms with Crippen LogP contribution in [0.4, 0.5) is 10.8 Å². The van der Waals surface area contributed by atoms with E-state index in [1.165, 1.54) is 29.5 Å². The summed E-state index contributed by atoms with van der Waals surface area (Å²) >= 11 is 1.36. The number of ether oxygens (including phenoxy) is 2. The first kappa shape index (κ1) is 20.3. The van der Waals surface area contributed by atoms with Gasteiger partial charge in [-0.15, -0.1) is 0 Å². The Kier molecular flexibility index (Phi) is 4.95. The predicted octanol–water partition coefficient (Wildman–Crippen LogP) is 4.39. The summed E-state index contributed by atoms with van der Waals surface area (Å²) in [7, 11) is -3.92. The van der Waals surface area contributed by atoms with Gasteiger partial charge in [-0.05, 0) is 55.0 Å². The fourth-order valence-electron chi connectivity index (χ4n) is 3.23. The monoisotopic (exact) mass is 467 g/mol. The third kappa shape index (κ3) is 3.97. The smallest absolute Gasteiger partial charge is 0.261 e. The van der Waals surface area contributed by atoms with Crippen molar-refractivity contribution in [2.45, 2.75) is 11.8 Å². The van der Waals surface area contributed by atoms with Crippen LogP contribution in [-0.2, 0) is 10.0 Å². The van der Waals surface area contributed by atoms with Crippen molar-refractivity contribution in [2.24, 2.45) is 0 Å². The van der Waals surface area contributed by atoms with Gasteiger partial charge < -0.3 is 9.47 Å². The fourth-order valence-corrected chi connectivity index (χ4v) is 5.29. The number of fused-ring (bicyclic) bond motifs is 2. The number of benzene rings is 3. The van der Waals surface area contributed by atoms with E-state index in [0.717, 1.165) is 15.8 Å². The number of nitrogens with zero attached hydrogens (tertiary/aromatic N) is 1. The van der Waals surface area contributed by atoms with Crippen molar-refractivity contribution in [3.05, 3.63) is 71.8 Å². The normalized spacial score (nSPS) is 12.7. The Morgan fingerprint density at radius 2 is 1.88 bits per heavy atom. The summed E-state index contributed by atoms with van der Waals surface area (Å²) in [6, 6.07) is 16.4. The van der Waals surface area contributed by atoms with E-state index in [1.807, 2.05) is 25.1 Å². The van der Waals surface area contributed by atoms with Crippen LogP contribution >= 0.6 is 11.3 Å². The zero-order chi connectivity index (χ0) is 22.3. The molecule has 0 radical (unpaired) electrons. The number of thiazole rings is 1. The average Bonchev–Trinajstić information content (AvgIpc) is 3.39. The molecule has 0 bridgehead atoms. The van der Waals surface area contributed by atoms with Crippen LogP contribution in [0.5, 0.6) is 11.5 Å². The van der Waals surface area contributed by atoms with Gasteiger partial charge in [-0.1, -0.05) is 23.5 Å². The van der Waals surface area contributed by atoms with Gasteiger partial charge in [0.2, 0.25) is 6.79 Å². The zero-order valence-corrected chi connectivity index (χ0v) is 18.4. The van der Waals surface area contributed by atoms with Crippen molar-refractivity contribution >= 4 is 48.3 Å². The molecule has 0 spiro atoms. The molecule has 10 heteroatoms. The van der Waals surface area contributed by atoms with Gasteiger partial charge in [-0.2, -0.15) is 0 Å². The quantitative estimate of drug-likeness (QED) is 0.451. The summed E-state index contributed by atoms with van der Waals surface area (Å²) in [5, 5.41) is 3.19. The van der Waals surface area contributed by atoms with Gasteiger partial charge in [0.1, 0.15) is 0 Å². The molecule has 0 saturated heterocycles. The molecular weight excluding hydrogens is 450 g/mol. The third-order valence-corrected chi connectivity index (χ3v) is 7.11. The molecule has 3 aromatic carbocycles. The highest BCUT2D eigenvalue weighted by Crippen LogP contribution is 2.35. The minimum absolute atomic E-state index is 0.0391. The Balaban J connectivity index is 1.36. The van der Waals surface area contributed by atoms with Crippen molar-refractivity contribution in [1.29, 1.82) is 0 Å². The van der Waals surface area contributed by atoms with Gasteiger partial charge in [0.25, 0.3) is 15.9 Å². The summed E-state index contributed by atoms with van der Waals surface area (Å²) in [5.41, 5.74) is 2.43. The molecular formula is C22H17N3O5S2. The number of amides is 1. The fraction of sp³-hybridized carbons (Fsp3) is 0.0909. The van der Waals surface area contributed by atoms with Crippen molar-refractivity contribution in [2.75, 3.05) is 16.8 Å². The Morgan fingerprint density at radius 1 is 1.03 bits per heavy atom. The Bertz CT molecular complexity index is 1460. The standard InChI is InChI=1S/C22H17N3O5S2/c1-13-5-7-17-20(9-13)31-22(23-17)24-21(26)14-3-2-4-16(10-14)32(27,28)25-15-6-8-18-19(11-15)30-12-29-18/h2-11,25H,12H2,1H3,(H,23,24,26). The topological polar surface area (TPSA) is 107 Å². The SMILES string of the molecule is Cc1ccc2nc(NC(=O)c3cccc(S(=O)(=O)Nc4ccc5c(c4)OCO5)c3)sc2c1. The number of hydrogen-bond acceptors (Lipinski definition) is 7. The number of anilines is 2. The number of aryl methyl sites for hydroxylation is 1. The van der Waals surface area contributed by atoms with Crippen LogP contribution in [0.25, 0.3) is 10.2 Å². The van der Waals surface area contributed by atoms with Gasteiger partial charge in [0, 0.05) is 11.6 Å². The van der Waals surface area contributed by atoms with E-state index in [1.54, 1.807) is 24.3 Å². The maximum absolute atomic E-state index is 12.9. The Morgan fingerprint density at radius 3 is 2.75 bits per heavy atom. The van der Waals surface area contributed by atoms with Gasteiger partial charge >= 0.3 is 0 Å². The molecule has 1 aliphatic rings. The first-order chi connectivity index (χ1) is 15.4. The Labute approximate surface area is 187 Å². The first-order valence-corrected chi connectivity index (χ1v) is 11.9. The van der Waals surface area contributed by atoms with E-state index in [-0.39, 0.29) is 17.3 Å². The highest BCUT2D eigenvalue weighted by Gasteiger charge is 2.20. The molecule has 32 heavy (non-hydrogen) atoms. The summed E-state index contributed by atoms with van der Waals surface area (Å²) in [6.45, 7) is 2.08. The van der Waals surface area contributed by atoms with Crippen LogP contribution in [0.1, 0.15) is 15.9 Å². The van der Waals surface area contributed by atoms with Gasteiger partial charge in [0.15, 0.2) is 16.6 Å². The number of carbonyl (C=O) groups is 1. The zero-order valence-electron chi connectivity index (χ0n) is 16.8. The van der Waals surface area contributed by atoms with Crippen LogP contribution < -0.4 is 19.5 Å². The molecule has 2 N–H and O–H groups in total. The van der Waals surface area contributed by atoms with Gasteiger partial charge in [-0.25, -0.2) is 13.4 Å². The minimum atomic E-state index is -3.92. The predicted molar refractivity (Wildman–Crippen MR) is 122 cm³/mol. The van der Waals surface area contributed by atoms with E-state index in [4.69, 9.17) is 9.47 Å². The first-order valence-electron chi connectivity index (χ1n) is 9.58. The lowest BCUT2D eigenvalue weighted by atomic mass is 10.2. The molecule has 2 heterocycles. The maximum Gasteiger partial charge on any atom is 0.261 e. The maximum atomic E-state index is 12.9. The van der Waals surface area contributed by atoms with E-state index in [9.17, 15) is 13.2 Å². The lowest BCUT2D eigenvalue weighted by Crippen LogP contribution is -2.16. The molecule has 1 aromatic heterocycles. The second-order valence-corrected chi connectivity index (χ2v) is 9.86. The number of aromatic nitrogens is 1. The molecule has 1 amide bonds. The van der Waals surface area contributed by atoms with E-state index in [0.29, 0.717) is 22.3 Å². The van der Waals surface area contributed by atoms with Crippen LogP contribution in [0.15, 0.2) is 65.6 Å². The Hall–Kier alpha value is -3.63. The second kappa shape index (κ2) is 7.81. The van der Waals surface area contributed by atoms with Gasteiger partial charge in [0.05, 0.1) is 20.8 Å². The van der Waals surface area contributed by atoms with Crippen molar-refractivity contribution < 1.29 is 22.7 Å². The van der Waals surface area contributed by atoms with Crippen molar-refractivity contribution in [3.63, 3.8) is 0 Å². The van der Waals surface area contributed by atoms with Crippen molar-refractivity contribution in [3.8, 4) is 11.5 Å². The molecule has 0 unspecified atom stereocenters. The summed E-state index contributed by atoms with van der Waals surface area (Å²) in [6.07, 6.45) is 0. The molecule has 162 valence electrons. The molecule has 8 nitrogen and oxygen atoms in total. The number of sulfonamides is 1. The minimum Gasteiger partial charge on any atom is -0.454 e. The van der Waals surface area contributed by atoms with E-state index >= 15 is 0 Å². The molecule has 0 atom stereocenters. The molecule has 1 aliphatic heterocycles. The average molecular weight is 468 g/mol. The summed E-state index contributed by atoms with van der Waals surface area (Å²) < 4.78 is 39.7. The van der Waals surface area contributed by atoms with Crippen LogP contribution in [0.3, 0.4) is 0 Å². The lowest BCUT2D eigenvalue weighted by Gasteiger charge is -2.10. The molecule has 5 rings (SSSR count). The second-order valence-electron chi connectivity index (χ2n) is 7.15. The molecule has 0 saturated carbocycles. The van der Waals surface area contributed by atoms with Gasteiger partial charge in [-0.3, -0.25) is 14.8 Å². The molecule has 0 aliphatic carbocycles. The largest absolute Gasteiger partial charge is 0.454 e. The summed E-state index contributed by atoms with van der Waals surface area (Å²) in [4.78, 5) is 17.1. The number of rotatable bonds is 5. The van der Waals surface area contributed by atoms with Crippen LogP contribution in [0.2, 0.25) is 0 Å².